The maximum atomic E-state index is 14.3. The molecule has 0 aliphatic carbocycles. The molecule has 0 unspecified atom stereocenters. The van der Waals surface area contributed by atoms with E-state index in [1.807, 2.05) is 24.3 Å². The van der Waals surface area contributed by atoms with Crippen molar-refractivity contribution in [3.63, 3.8) is 0 Å². The molecule has 1 aliphatic rings. The van der Waals surface area contributed by atoms with Crippen LogP contribution >= 0.6 is 0 Å². The van der Waals surface area contributed by atoms with E-state index >= 15 is 0 Å². The fourth-order valence-corrected chi connectivity index (χ4v) is 4.40. The Morgan fingerprint density at radius 1 is 0.947 bits per heavy atom. The second-order valence-corrected chi connectivity index (χ2v) is 8.69. The molecule has 0 radical (unpaired) electrons. The monoisotopic (exact) mass is 519 g/mol. The Morgan fingerprint density at radius 3 is 2.37 bits per heavy atom. The van der Waals surface area contributed by atoms with E-state index in [0.29, 0.717) is 29.6 Å². The van der Waals surface area contributed by atoms with Crippen LogP contribution in [0.4, 0.5) is 19.5 Å². The van der Waals surface area contributed by atoms with Crippen molar-refractivity contribution < 1.29 is 27.8 Å². The smallest absolute Gasteiger partial charge is 0.433 e. The molecule has 11 heteroatoms. The maximum Gasteiger partial charge on any atom is 0.508 e. The van der Waals surface area contributed by atoms with E-state index in [9.17, 15) is 18.4 Å². The molecule has 0 atom stereocenters. The van der Waals surface area contributed by atoms with Crippen molar-refractivity contribution in [1.82, 2.24) is 14.9 Å². The van der Waals surface area contributed by atoms with Gasteiger partial charge >= 0.3 is 6.16 Å². The molecule has 2 heterocycles. The van der Waals surface area contributed by atoms with Crippen molar-refractivity contribution >= 4 is 28.9 Å². The van der Waals surface area contributed by atoms with Gasteiger partial charge in [0.25, 0.3) is 5.91 Å². The van der Waals surface area contributed by atoms with Gasteiger partial charge < -0.3 is 25.8 Å². The third-order valence-electron chi connectivity index (χ3n) is 6.18. The largest absolute Gasteiger partial charge is 0.508 e. The highest BCUT2D eigenvalue weighted by molar-refractivity contribution is 6.06. The van der Waals surface area contributed by atoms with Gasteiger partial charge in [0, 0.05) is 30.6 Å². The summed E-state index contributed by atoms with van der Waals surface area (Å²) in [6, 6.07) is 14.5. The highest BCUT2D eigenvalue weighted by Gasteiger charge is 2.27. The quantitative estimate of drug-likeness (QED) is 0.366. The normalized spacial score (nSPS) is 12.4. The number of nitrogens with two attached hydrogens (primary N) is 2. The molecule has 0 spiro atoms. The molecule has 0 saturated carbocycles. The third-order valence-corrected chi connectivity index (χ3v) is 6.18. The summed E-state index contributed by atoms with van der Waals surface area (Å²) < 4.78 is 38.2. The molecule has 0 bridgehead atoms. The molecule has 0 fully saturated rings. The predicted molar refractivity (Wildman–Crippen MR) is 135 cm³/mol. The van der Waals surface area contributed by atoms with Crippen molar-refractivity contribution in [1.29, 1.82) is 0 Å². The highest BCUT2D eigenvalue weighted by Crippen LogP contribution is 2.32. The van der Waals surface area contributed by atoms with Gasteiger partial charge in [-0.15, -0.1) is 0 Å². The minimum absolute atomic E-state index is 0.0455. The lowest BCUT2D eigenvalue weighted by molar-refractivity contribution is 0.0520. The molecule has 1 aliphatic heterocycles. The first kappa shape index (κ1) is 25.0. The average Bonchev–Trinajstić information content (AvgIpc) is 3.35. The van der Waals surface area contributed by atoms with Crippen molar-refractivity contribution in [2.24, 2.45) is 5.73 Å². The Bertz CT molecular complexity index is 1540. The van der Waals surface area contributed by atoms with E-state index in [4.69, 9.17) is 20.9 Å². The first-order valence-corrected chi connectivity index (χ1v) is 11.7. The minimum Gasteiger partial charge on any atom is -0.433 e. The van der Waals surface area contributed by atoms with Gasteiger partial charge in [-0.25, -0.2) is 23.5 Å². The fourth-order valence-electron chi connectivity index (χ4n) is 4.40. The molecule has 1 aromatic heterocycles. The zero-order valence-electron chi connectivity index (χ0n) is 20.1. The summed E-state index contributed by atoms with van der Waals surface area (Å²) in [5.41, 5.74) is 14.7. The number of fused-ring (bicyclic) bond motifs is 2. The van der Waals surface area contributed by atoms with Gasteiger partial charge in [-0.05, 0) is 46.5 Å². The van der Waals surface area contributed by atoms with Crippen molar-refractivity contribution in [3.8, 4) is 11.1 Å². The number of hydrogen-bond acceptors (Lipinski definition) is 8. The third kappa shape index (κ3) is 4.96. The Hall–Kier alpha value is -4.64. The van der Waals surface area contributed by atoms with Gasteiger partial charge in [0.05, 0.1) is 5.52 Å². The zero-order chi connectivity index (χ0) is 26.8. The number of carbonyl (C=O) groups is 2. The van der Waals surface area contributed by atoms with Gasteiger partial charge in [0.15, 0.2) is 11.6 Å². The SMILES string of the molecule is NCCOC(=O)OCc1cc(F)c(F)cc1-c1ccc2nc(N)nc(C(=O)N3Cc4ccccc4C3)c2c1. The molecular weight excluding hydrogens is 496 g/mol. The number of aromatic nitrogens is 2. The molecular formula is C27H23F2N5O4. The van der Waals surface area contributed by atoms with Crippen LogP contribution in [0.15, 0.2) is 54.6 Å². The van der Waals surface area contributed by atoms with Crippen LogP contribution in [-0.2, 0) is 29.2 Å². The molecule has 3 aromatic carbocycles. The molecule has 4 N–H and O–H groups in total. The number of hydrogen-bond donors (Lipinski definition) is 2. The lowest BCUT2D eigenvalue weighted by atomic mass is 9.97. The highest BCUT2D eigenvalue weighted by atomic mass is 19.2. The van der Waals surface area contributed by atoms with E-state index in [1.54, 1.807) is 23.1 Å². The topological polar surface area (TPSA) is 134 Å². The van der Waals surface area contributed by atoms with Crippen LogP contribution in [0.5, 0.6) is 0 Å². The number of nitrogens with zero attached hydrogens (tertiary/aromatic N) is 3. The summed E-state index contributed by atoms with van der Waals surface area (Å²) in [5.74, 6) is -2.60. The second kappa shape index (κ2) is 10.4. The van der Waals surface area contributed by atoms with Gasteiger partial charge in [-0.3, -0.25) is 4.79 Å². The van der Waals surface area contributed by atoms with Crippen LogP contribution in [0.1, 0.15) is 27.2 Å². The molecule has 5 rings (SSSR count). The van der Waals surface area contributed by atoms with Crippen LogP contribution in [0, 0.1) is 11.6 Å². The van der Waals surface area contributed by atoms with Crippen LogP contribution in [0.2, 0.25) is 0 Å². The lowest BCUT2D eigenvalue weighted by Gasteiger charge is -2.17. The van der Waals surface area contributed by atoms with Crippen LogP contribution in [0.3, 0.4) is 0 Å². The summed E-state index contributed by atoms with van der Waals surface area (Å²) in [4.78, 5) is 35.4. The summed E-state index contributed by atoms with van der Waals surface area (Å²) in [5, 5.41) is 0.386. The van der Waals surface area contributed by atoms with Gasteiger partial charge in [-0.2, -0.15) is 0 Å². The van der Waals surface area contributed by atoms with E-state index in [2.05, 4.69) is 9.97 Å². The Balaban J connectivity index is 1.52. The minimum atomic E-state index is -1.11. The number of benzene rings is 3. The lowest BCUT2D eigenvalue weighted by Crippen LogP contribution is -2.27. The number of amides is 1. The first-order valence-electron chi connectivity index (χ1n) is 11.7. The molecule has 194 valence electrons. The molecule has 0 saturated heterocycles. The van der Waals surface area contributed by atoms with E-state index < -0.39 is 17.8 Å². The van der Waals surface area contributed by atoms with Crippen LogP contribution in [-0.4, -0.2) is 40.1 Å². The van der Waals surface area contributed by atoms with E-state index in [1.165, 1.54) is 0 Å². The number of nitrogen functional groups attached to an aromatic ring is 1. The van der Waals surface area contributed by atoms with Gasteiger partial charge in [-0.1, -0.05) is 30.3 Å². The van der Waals surface area contributed by atoms with Gasteiger partial charge in [0.1, 0.15) is 18.9 Å². The molecule has 1 amide bonds. The Labute approximate surface area is 216 Å². The summed E-state index contributed by atoms with van der Waals surface area (Å²) in [6.45, 7) is 0.524. The number of halogens is 2. The number of carbonyl (C=O) groups excluding carboxylic acids is 2. The number of anilines is 1. The average molecular weight is 520 g/mol. The first-order chi connectivity index (χ1) is 18.3. The van der Waals surface area contributed by atoms with Crippen molar-refractivity contribution in [3.05, 3.63) is 88.6 Å². The fraction of sp³-hybridized carbons (Fsp3) is 0.185. The zero-order valence-corrected chi connectivity index (χ0v) is 20.1. The Kier molecular flexibility index (Phi) is 6.84. The molecule has 38 heavy (non-hydrogen) atoms. The van der Waals surface area contributed by atoms with Gasteiger partial charge in [0.2, 0.25) is 5.95 Å². The molecule has 9 nitrogen and oxygen atoms in total. The number of ether oxygens (including phenoxy) is 2. The number of rotatable bonds is 6. The Morgan fingerprint density at radius 2 is 1.66 bits per heavy atom. The molecule has 4 aromatic rings. The van der Waals surface area contributed by atoms with E-state index in [0.717, 1.165) is 23.3 Å². The van der Waals surface area contributed by atoms with E-state index in [-0.39, 0.29) is 48.4 Å². The second-order valence-electron chi connectivity index (χ2n) is 8.69. The summed E-state index contributed by atoms with van der Waals surface area (Å²) in [7, 11) is 0. The van der Waals surface area contributed by atoms with Crippen LogP contribution < -0.4 is 11.5 Å². The maximum absolute atomic E-state index is 14.3. The predicted octanol–water partition coefficient (Wildman–Crippen LogP) is 3.93. The standard InChI is InChI=1S/C27H23F2N5O4/c28-21-10-18(14-38-27(36)37-8-7-30)19(11-22(21)29)15-5-6-23-20(9-15)24(33-26(31)32-23)25(35)34-12-16-3-1-2-4-17(16)13-34/h1-6,9-11H,7-8,12-14,30H2,(H2,31,32,33). The summed E-state index contributed by atoms with van der Waals surface area (Å²) in [6.07, 6.45) is -0.993. The van der Waals surface area contributed by atoms with Crippen molar-refractivity contribution in [2.45, 2.75) is 19.7 Å². The van der Waals surface area contributed by atoms with Crippen molar-refractivity contribution in [2.75, 3.05) is 18.9 Å². The van der Waals surface area contributed by atoms with Crippen LogP contribution in [0.25, 0.3) is 22.0 Å². The summed E-state index contributed by atoms with van der Waals surface area (Å²) >= 11 is 0.